The normalized spacial score (nSPS) is 19.6. The Bertz CT molecular complexity index is 1710. The van der Waals surface area contributed by atoms with E-state index in [-0.39, 0.29) is 28.7 Å². The van der Waals surface area contributed by atoms with Gasteiger partial charge in [-0.25, -0.2) is 33.3 Å². The fourth-order valence-corrected chi connectivity index (χ4v) is 5.70. The molecule has 2 N–H and O–H groups in total. The molecule has 0 radical (unpaired) electrons. The molecule has 0 saturated heterocycles. The molecule has 6 rings (SSSR count). The van der Waals surface area contributed by atoms with E-state index in [2.05, 4.69) is 35.6 Å². The van der Waals surface area contributed by atoms with Crippen LogP contribution in [0.1, 0.15) is 72.7 Å². The summed E-state index contributed by atoms with van der Waals surface area (Å²) in [5, 5.41) is 6.23. The lowest BCUT2D eigenvalue weighted by atomic mass is 10.2. The summed E-state index contributed by atoms with van der Waals surface area (Å²) in [7, 11) is -3.45. The highest BCUT2D eigenvalue weighted by atomic mass is 32.2. The zero-order valence-electron chi connectivity index (χ0n) is 22.2. The SMILES string of the molecule is Cc1ccnc(C2CC2C(=O)Nc2cc(NC(C)c3cn4cc(C5CC5)cc(S(C)(=O)=O)c4n3)nc(C)n2)n1. The molecule has 3 atom stereocenters. The minimum atomic E-state index is -3.45. The molecule has 4 aromatic heterocycles. The van der Waals surface area contributed by atoms with Crippen LogP contribution in [0.2, 0.25) is 0 Å². The second-order valence-electron chi connectivity index (χ2n) is 10.6. The highest BCUT2D eigenvalue weighted by Gasteiger charge is 2.46. The monoisotopic (exact) mass is 546 g/mol. The van der Waals surface area contributed by atoms with Crippen LogP contribution < -0.4 is 10.6 Å². The summed E-state index contributed by atoms with van der Waals surface area (Å²) in [6.45, 7) is 5.59. The molecule has 12 heteroatoms. The minimum Gasteiger partial charge on any atom is -0.362 e. The molecule has 2 aliphatic carbocycles. The molecule has 0 bridgehead atoms. The number of rotatable bonds is 8. The van der Waals surface area contributed by atoms with E-state index in [0.29, 0.717) is 47.0 Å². The first-order valence-electron chi connectivity index (χ1n) is 13.0. The quantitative estimate of drug-likeness (QED) is 0.338. The average Bonchev–Trinajstić information content (AvgIpc) is 3.78. The maximum atomic E-state index is 12.9. The number of carbonyl (C=O) groups is 1. The zero-order valence-corrected chi connectivity index (χ0v) is 23.0. The first kappa shape index (κ1) is 25.4. The van der Waals surface area contributed by atoms with Crippen LogP contribution in [-0.2, 0) is 14.6 Å². The number of anilines is 2. The highest BCUT2D eigenvalue weighted by molar-refractivity contribution is 7.91. The van der Waals surface area contributed by atoms with E-state index in [9.17, 15) is 13.2 Å². The molecule has 11 nitrogen and oxygen atoms in total. The molecule has 4 aromatic rings. The minimum absolute atomic E-state index is 0.0118. The summed E-state index contributed by atoms with van der Waals surface area (Å²) < 4.78 is 26.8. The number of pyridine rings is 1. The van der Waals surface area contributed by atoms with Crippen molar-refractivity contribution in [2.24, 2.45) is 5.92 Å². The van der Waals surface area contributed by atoms with Gasteiger partial charge in [-0.15, -0.1) is 0 Å². The number of amides is 1. The molecule has 0 spiro atoms. The maximum absolute atomic E-state index is 12.9. The van der Waals surface area contributed by atoms with Crippen LogP contribution in [-0.4, -0.2) is 49.9 Å². The predicted octanol–water partition coefficient (Wildman–Crippen LogP) is 3.73. The number of sulfone groups is 1. The van der Waals surface area contributed by atoms with Crippen molar-refractivity contribution in [1.29, 1.82) is 0 Å². The van der Waals surface area contributed by atoms with Crippen LogP contribution in [0.4, 0.5) is 11.6 Å². The van der Waals surface area contributed by atoms with E-state index in [4.69, 9.17) is 0 Å². The third-order valence-corrected chi connectivity index (χ3v) is 8.27. The van der Waals surface area contributed by atoms with Crippen molar-refractivity contribution < 1.29 is 13.2 Å². The lowest BCUT2D eigenvalue weighted by molar-refractivity contribution is -0.117. The van der Waals surface area contributed by atoms with E-state index >= 15 is 0 Å². The molecule has 4 heterocycles. The molecule has 0 aromatic carbocycles. The van der Waals surface area contributed by atoms with Gasteiger partial charge in [0.1, 0.15) is 28.2 Å². The van der Waals surface area contributed by atoms with Gasteiger partial charge in [0.25, 0.3) is 0 Å². The second kappa shape index (κ2) is 9.37. The Kier molecular flexibility index (Phi) is 6.09. The van der Waals surface area contributed by atoms with Gasteiger partial charge in [0.15, 0.2) is 15.5 Å². The number of aromatic nitrogens is 6. The number of fused-ring (bicyclic) bond motifs is 1. The van der Waals surface area contributed by atoms with Gasteiger partial charge in [0.05, 0.1) is 11.7 Å². The van der Waals surface area contributed by atoms with E-state index < -0.39 is 9.84 Å². The number of nitrogens with zero attached hydrogens (tertiary/aromatic N) is 6. The summed E-state index contributed by atoms with van der Waals surface area (Å²) in [4.78, 5) is 35.4. The van der Waals surface area contributed by atoms with Crippen molar-refractivity contribution >= 4 is 33.0 Å². The highest BCUT2D eigenvalue weighted by Crippen LogP contribution is 2.46. The number of hydrogen-bond acceptors (Lipinski definition) is 9. The van der Waals surface area contributed by atoms with Crippen molar-refractivity contribution in [2.45, 2.75) is 62.8 Å². The van der Waals surface area contributed by atoms with Crippen molar-refractivity contribution in [3.8, 4) is 0 Å². The summed E-state index contributed by atoms with van der Waals surface area (Å²) in [5.74, 6) is 2.23. The van der Waals surface area contributed by atoms with E-state index in [1.807, 2.05) is 32.3 Å². The fourth-order valence-electron chi connectivity index (χ4n) is 4.87. The standard InChI is InChI=1S/C27H30N8O3S/c1-14-7-8-28-25(29-14)19-10-20(19)27(36)34-24-11-23(31-16(3)32-24)30-15(2)21-13-35-12-18(17-5-6-17)9-22(26(35)33-21)39(4,37)38/h7-9,11-13,15,17,19-20H,5-6,10H2,1-4H3,(H2,30,31,32,34,36). The molecular weight excluding hydrogens is 516 g/mol. The van der Waals surface area contributed by atoms with E-state index in [0.717, 1.165) is 24.1 Å². The van der Waals surface area contributed by atoms with E-state index in [1.165, 1.54) is 6.26 Å². The summed E-state index contributed by atoms with van der Waals surface area (Å²) in [6.07, 6.45) is 9.60. The number of nitrogens with one attached hydrogen (secondary N) is 2. The number of carbonyl (C=O) groups excluding carboxylic acids is 1. The van der Waals surface area contributed by atoms with Gasteiger partial charge in [-0.3, -0.25) is 4.79 Å². The predicted molar refractivity (Wildman–Crippen MR) is 145 cm³/mol. The van der Waals surface area contributed by atoms with Gasteiger partial charge in [0, 0.05) is 48.4 Å². The van der Waals surface area contributed by atoms with Crippen LogP contribution >= 0.6 is 0 Å². The molecule has 1 amide bonds. The van der Waals surface area contributed by atoms with Gasteiger partial charge in [-0.05, 0) is 63.6 Å². The Morgan fingerprint density at radius 1 is 1.08 bits per heavy atom. The second-order valence-corrected chi connectivity index (χ2v) is 12.6. The van der Waals surface area contributed by atoms with Gasteiger partial charge >= 0.3 is 0 Å². The van der Waals surface area contributed by atoms with Gasteiger partial charge < -0.3 is 15.0 Å². The van der Waals surface area contributed by atoms with Crippen molar-refractivity contribution in [1.82, 2.24) is 29.3 Å². The third-order valence-electron chi connectivity index (χ3n) is 7.18. The van der Waals surface area contributed by atoms with Gasteiger partial charge in [0.2, 0.25) is 5.91 Å². The Morgan fingerprint density at radius 3 is 2.56 bits per heavy atom. The molecule has 39 heavy (non-hydrogen) atoms. The first-order chi connectivity index (χ1) is 18.5. The lowest BCUT2D eigenvalue weighted by Gasteiger charge is -2.14. The summed E-state index contributed by atoms with van der Waals surface area (Å²) in [5.41, 5.74) is 2.98. The van der Waals surface area contributed by atoms with Crippen LogP contribution in [0.25, 0.3) is 5.65 Å². The molecule has 202 valence electrons. The molecule has 0 aliphatic heterocycles. The Hall–Kier alpha value is -3.93. The molecule has 2 fully saturated rings. The van der Waals surface area contributed by atoms with Gasteiger partial charge in [-0.2, -0.15) is 0 Å². The molecule has 2 aliphatic rings. The van der Waals surface area contributed by atoms with Crippen LogP contribution in [0, 0.1) is 19.8 Å². The van der Waals surface area contributed by atoms with Crippen molar-refractivity contribution in [3.05, 3.63) is 65.4 Å². The topological polar surface area (TPSA) is 144 Å². The van der Waals surface area contributed by atoms with E-state index in [1.54, 1.807) is 29.7 Å². The van der Waals surface area contributed by atoms with Crippen LogP contribution in [0.3, 0.4) is 0 Å². The maximum Gasteiger partial charge on any atom is 0.229 e. The van der Waals surface area contributed by atoms with Crippen LogP contribution in [0.15, 0.2) is 41.7 Å². The number of imidazole rings is 1. The number of aryl methyl sites for hydroxylation is 2. The molecule has 2 saturated carbocycles. The van der Waals surface area contributed by atoms with Crippen LogP contribution in [0.5, 0.6) is 0 Å². The van der Waals surface area contributed by atoms with Crippen molar-refractivity contribution in [2.75, 3.05) is 16.9 Å². The largest absolute Gasteiger partial charge is 0.362 e. The van der Waals surface area contributed by atoms with Gasteiger partial charge in [-0.1, -0.05) is 0 Å². The summed E-state index contributed by atoms with van der Waals surface area (Å²) in [6, 6.07) is 4.99. The number of hydrogen-bond donors (Lipinski definition) is 2. The Labute approximate surface area is 226 Å². The molecule has 3 unspecified atom stereocenters. The van der Waals surface area contributed by atoms with Crippen molar-refractivity contribution in [3.63, 3.8) is 0 Å². The first-order valence-corrected chi connectivity index (χ1v) is 14.9. The summed E-state index contributed by atoms with van der Waals surface area (Å²) >= 11 is 0. The smallest absolute Gasteiger partial charge is 0.229 e. The molecular formula is C27H30N8O3S. The Morgan fingerprint density at radius 2 is 1.85 bits per heavy atom. The third kappa shape index (κ3) is 5.33. The fraction of sp³-hybridized carbons (Fsp3) is 0.407. The Balaban J connectivity index is 1.19. The average molecular weight is 547 g/mol. The lowest BCUT2D eigenvalue weighted by Crippen LogP contribution is -2.17. The zero-order chi connectivity index (χ0) is 27.5.